The number of halogens is 3. The highest BCUT2D eigenvalue weighted by Gasteiger charge is 2.37. The van der Waals surface area contributed by atoms with Crippen molar-refractivity contribution in [2.75, 3.05) is 5.32 Å². The molecule has 0 spiro atoms. The summed E-state index contributed by atoms with van der Waals surface area (Å²) in [5, 5.41) is 10.6. The minimum Gasteiger partial charge on any atom is -0.378 e. The third kappa shape index (κ3) is 2.56. The highest BCUT2D eigenvalue weighted by atomic mass is 19.4. The fourth-order valence-corrected chi connectivity index (χ4v) is 1.84. The Labute approximate surface area is 108 Å². The predicted octanol–water partition coefficient (Wildman–Crippen LogP) is 2.09. The summed E-state index contributed by atoms with van der Waals surface area (Å²) in [6, 6.07) is 0. The maximum Gasteiger partial charge on any atom is 0.433 e. The van der Waals surface area contributed by atoms with Gasteiger partial charge in [-0.15, -0.1) is 0 Å². The Bertz CT molecular complexity index is 582. The Morgan fingerprint density at radius 3 is 2.32 bits per heavy atom. The molecule has 0 amide bonds. The van der Waals surface area contributed by atoms with E-state index in [4.69, 9.17) is 0 Å². The molecule has 0 aromatic carbocycles. The van der Waals surface area contributed by atoms with Crippen molar-refractivity contribution >= 4 is 5.69 Å². The Morgan fingerprint density at radius 2 is 1.79 bits per heavy atom. The number of aryl methyl sites for hydroxylation is 2. The van der Waals surface area contributed by atoms with Crippen molar-refractivity contribution in [3.05, 3.63) is 29.3 Å². The van der Waals surface area contributed by atoms with Gasteiger partial charge in [0.15, 0.2) is 0 Å². The number of alkyl halides is 3. The lowest BCUT2D eigenvalue weighted by atomic mass is 10.2. The van der Waals surface area contributed by atoms with E-state index in [1.165, 1.54) is 13.2 Å². The lowest BCUT2D eigenvalue weighted by Crippen LogP contribution is -2.15. The summed E-state index contributed by atoms with van der Waals surface area (Å²) in [7, 11) is 3.05. The molecule has 0 saturated heterocycles. The van der Waals surface area contributed by atoms with E-state index in [-0.39, 0.29) is 12.1 Å². The first-order valence-electron chi connectivity index (χ1n) is 5.61. The van der Waals surface area contributed by atoms with Gasteiger partial charge < -0.3 is 5.32 Å². The van der Waals surface area contributed by atoms with E-state index >= 15 is 0 Å². The molecule has 2 aromatic rings. The van der Waals surface area contributed by atoms with Crippen LogP contribution in [0.25, 0.3) is 0 Å². The van der Waals surface area contributed by atoms with Crippen LogP contribution in [0.5, 0.6) is 0 Å². The van der Waals surface area contributed by atoms with Gasteiger partial charge in [0, 0.05) is 26.2 Å². The van der Waals surface area contributed by atoms with E-state index in [1.807, 2.05) is 6.92 Å². The third-order valence-electron chi connectivity index (χ3n) is 2.99. The largest absolute Gasteiger partial charge is 0.433 e. The third-order valence-corrected chi connectivity index (χ3v) is 2.99. The lowest BCUT2D eigenvalue weighted by molar-refractivity contribution is -0.144. The molecule has 0 aliphatic carbocycles. The molecule has 2 aromatic heterocycles. The summed E-state index contributed by atoms with van der Waals surface area (Å²) in [6.45, 7) is 1.89. The van der Waals surface area contributed by atoms with Gasteiger partial charge in [-0.05, 0) is 6.92 Å². The first-order chi connectivity index (χ1) is 8.80. The number of anilines is 1. The second-order valence-electron chi connectivity index (χ2n) is 4.26. The number of hydrogen-bond acceptors (Lipinski definition) is 3. The highest BCUT2D eigenvalue weighted by molar-refractivity contribution is 5.46. The SMILES string of the molecule is Cc1c(NCc2cnn(C)c2C(F)(F)F)cnn1C. The van der Waals surface area contributed by atoms with Gasteiger partial charge in [0.2, 0.25) is 0 Å². The second-order valence-corrected chi connectivity index (χ2v) is 4.26. The quantitative estimate of drug-likeness (QED) is 0.931. The number of nitrogens with zero attached hydrogens (tertiary/aromatic N) is 4. The standard InChI is InChI=1S/C11H14F3N5/c1-7-9(6-17-18(7)2)15-4-8-5-16-19(3)10(8)11(12,13)14/h5-6,15H,4H2,1-3H3. The predicted molar refractivity (Wildman–Crippen MR) is 63.5 cm³/mol. The summed E-state index contributed by atoms with van der Waals surface area (Å²) in [5.41, 5.74) is 0.941. The monoisotopic (exact) mass is 273 g/mol. The zero-order valence-corrected chi connectivity index (χ0v) is 10.8. The maximum atomic E-state index is 12.8. The molecule has 0 saturated carbocycles. The van der Waals surface area contributed by atoms with Gasteiger partial charge in [0.05, 0.1) is 23.8 Å². The van der Waals surface area contributed by atoms with Crippen molar-refractivity contribution < 1.29 is 13.2 Å². The fraction of sp³-hybridized carbons (Fsp3) is 0.455. The van der Waals surface area contributed by atoms with Gasteiger partial charge in [-0.1, -0.05) is 0 Å². The first-order valence-corrected chi connectivity index (χ1v) is 5.61. The van der Waals surface area contributed by atoms with Crippen molar-refractivity contribution in [2.45, 2.75) is 19.6 Å². The molecule has 2 rings (SSSR count). The zero-order valence-electron chi connectivity index (χ0n) is 10.8. The molecule has 2 heterocycles. The molecular formula is C11H14F3N5. The number of rotatable bonds is 3. The second kappa shape index (κ2) is 4.60. The van der Waals surface area contributed by atoms with Gasteiger partial charge in [0.25, 0.3) is 0 Å². The van der Waals surface area contributed by atoms with E-state index in [2.05, 4.69) is 15.5 Å². The van der Waals surface area contributed by atoms with Crippen LogP contribution in [-0.4, -0.2) is 19.6 Å². The molecule has 8 heteroatoms. The highest BCUT2D eigenvalue weighted by Crippen LogP contribution is 2.31. The molecule has 5 nitrogen and oxygen atoms in total. The summed E-state index contributed by atoms with van der Waals surface area (Å²) in [6.07, 6.45) is -1.60. The summed E-state index contributed by atoms with van der Waals surface area (Å²) >= 11 is 0. The van der Waals surface area contributed by atoms with Gasteiger partial charge in [-0.3, -0.25) is 9.36 Å². The molecule has 0 unspecified atom stereocenters. The Balaban J connectivity index is 2.19. The maximum absolute atomic E-state index is 12.8. The number of aromatic nitrogens is 4. The van der Waals surface area contributed by atoms with Crippen LogP contribution >= 0.6 is 0 Å². The molecule has 1 N–H and O–H groups in total. The van der Waals surface area contributed by atoms with Crippen molar-refractivity contribution in [1.29, 1.82) is 0 Å². The summed E-state index contributed by atoms with van der Waals surface area (Å²) < 4.78 is 41.0. The minimum absolute atomic E-state index is 0.0508. The van der Waals surface area contributed by atoms with Crippen LogP contribution in [0.3, 0.4) is 0 Å². The smallest absolute Gasteiger partial charge is 0.378 e. The Kier molecular flexibility index (Phi) is 3.25. The molecular weight excluding hydrogens is 259 g/mol. The molecule has 0 aliphatic rings. The summed E-state index contributed by atoms with van der Waals surface area (Å²) in [5.74, 6) is 0. The molecule has 19 heavy (non-hydrogen) atoms. The van der Waals surface area contributed by atoms with Crippen molar-refractivity contribution in [2.24, 2.45) is 14.1 Å². The van der Waals surface area contributed by atoms with Crippen LogP contribution in [0.2, 0.25) is 0 Å². The number of hydrogen-bond donors (Lipinski definition) is 1. The number of nitrogens with one attached hydrogen (secondary N) is 1. The molecule has 104 valence electrons. The normalized spacial score (nSPS) is 11.9. The van der Waals surface area contributed by atoms with Crippen LogP contribution in [0.4, 0.5) is 18.9 Å². The Morgan fingerprint density at radius 1 is 1.16 bits per heavy atom. The molecule has 0 atom stereocenters. The average Bonchev–Trinajstić information content (AvgIpc) is 2.82. The lowest BCUT2D eigenvalue weighted by Gasteiger charge is -2.11. The fourth-order valence-electron chi connectivity index (χ4n) is 1.84. The van der Waals surface area contributed by atoms with Gasteiger partial charge in [-0.25, -0.2) is 0 Å². The Hall–Kier alpha value is -1.99. The summed E-state index contributed by atoms with van der Waals surface area (Å²) in [4.78, 5) is 0. The van der Waals surface area contributed by atoms with E-state index in [0.29, 0.717) is 5.69 Å². The molecule has 0 aliphatic heterocycles. The van der Waals surface area contributed by atoms with Crippen LogP contribution in [0.1, 0.15) is 17.0 Å². The van der Waals surface area contributed by atoms with E-state index < -0.39 is 11.9 Å². The van der Waals surface area contributed by atoms with Crippen molar-refractivity contribution in [3.8, 4) is 0 Å². The minimum atomic E-state index is -4.41. The van der Waals surface area contributed by atoms with Gasteiger partial charge in [0.1, 0.15) is 5.69 Å². The topological polar surface area (TPSA) is 47.7 Å². The zero-order chi connectivity index (χ0) is 14.2. The molecule has 0 fully saturated rings. The van der Waals surface area contributed by atoms with Crippen LogP contribution < -0.4 is 5.32 Å². The molecule has 0 radical (unpaired) electrons. The first kappa shape index (κ1) is 13.4. The van der Waals surface area contributed by atoms with Gasteiger partial charge in [-0.2, -0.15) is 23.4 Å². The van der Waals surface area contributed by atoms with Crippen LogP contribution in [0.15, 0.2) is 12.4 Å². The van der Waals surface area contributed by atoms with E-state index in [9.17, 15) is 13.2 Å². The van der Waals surface area contributed by atoms with Crippen molar-refractivity contribution in [1.82, 2.24) is 19.6 Å². The van der Waals surface area contributed by atoms with E-state index in [0.717, 1.165) is 10.4 Å². The van der Waals surface area contributed by atoms with Crippen molar-refractivity contribution in [3.63, 3.8) is 0 Å². The van der Waals surface area contributed by atoms with Gasteiger partial charge >= 0.3 is 6.18 Å². The van der Waals surface area contributed by atoms with E-state index in [1.54, 1.807) is 17.9 Å². The molecule has 0 bridgehead atoms. The van der Waals surface area contributed by atoms with Crippen LogP contribution in [-0.2, 0) is 26.8 Å². The van der Waals surface area contributed by atoms with Crippen LogP contribution in [0, 0.1) is 6.92 Å². The average molecular weight is 273 g/mol.